The number of nitrogens with zero attached hydrogens (tertiary/aromatic N) is 6. The van der Waals surface area contributed by atoms with Crippen LogP contribution in [0.2, 0.25) is 0 Å². The predicted molar refractivity (Wildman–Crippen MR) is 126 cm³/mol. The minimum absolute atomic E-state index is 0.229. The third-order valence-electron chi connectivity index (χ3n) is 5.18. The Morgan fingerprint density at radius 1 is 1.00 bits per heavy atom. The van der Waals surface area contributed by atoms with Crippen molar-refractivity contribution < 1.29 is 4.79 Å². The number of amides is 1. The standard InChI is InChI=1S/C25H20N8O/c26-9-2-11-30-25(34)18-6-4-17(5-7-18)22-13-23(33-16-32-22)31-15-19(14-27)20-8-12-28-21-3-1-10-29-24(20)21/h1,3-8,10,12-13,16,19H,2,11,15H2,(H,30,34)(H,31,32,33). The van der Waals surface area contributed by atoms with Gasteiger partial charge in [0.1, 0.15) is 12.1 Å². The van der Waals surface area contributed by atoms with Gasteiger partial charge in [0, 0.05) is 48.2 Å². The number of benzene rings is 1. The van der Waals surface area contributed by atoms with Crippen molar-refractivity contribution in [3.8, 4) is 23.4 Å². The minimum Gasteiger partial charge on any atom is -0.368 e. The van der Waals surface area contributed by atoms with Gasteiger partial charge in [-0.05, 0) is 30.3 Å². The lowest BCUT2D eigenvalue weighted by molar-refractivity contribution is 0.0954. The number of aromatic nitrogens is 4. The van der Waals surface area contributed by atoms with Crippen molar-refractivity contribution in [2.75, 3.05) is 18.4 Å². The zero-order valence-electron chi connectivity index (χ0n) is 18.1. The molecule has 166 valence electrons. The molecule has 0 saturated carbocycles. The molecule has 9 heteroatoms. The molecule has 0 aliphatic rings. The van der Waals surface area contributed by atoms with Gasteiger partial charge in [-0.1, -0.05) is 12.1 Å². The van der Waals surface area contributed by atoms with Crippen LogP contribution in [0.1, 0.15) is 28.3 Å². The van der Waals surface area contributed by atoms with E-state index in [1.54, 1.807) is 42.7 Å². The molecule has 0 fully saturated rings. The highest BCUT2D eigenvalue weighted by Crippen LogP contribution is 2.24. The van der Waals surface area contributed by atoms with Gasteiger partial charge in [-0.25, -0.2) is 9.97 Å². The minimum atomic E-state index is -0.447. The Bertz CT molecular complexity index is 1380. The Labute approximate surface area is 196 Å². The molecule has 0 radical (unpaired) electrons. The Kier molecular flexibility index (Phi) is 6.97. The summed E-state index contributed by atoms with van der Waals surface area (Å²) in [5.41, 5.74) is 4.26. The SMILES string of the molecule is N#CCCNC(=O)c1ccc(-c2cc(NCC(C#N)c3ccnc4cccnc34)ncn2)cc1. The highest BCUT2D eigenvalue weighted by Gasteiger charge is 2.16. The lowest BCUT2D eigenvalue weighted by Gasteiger charge is -2.13. The van der Waals surface area contributed by atoms with Crippen molar-refractivity contribution in [2.45, 2.75) is 12.3 Å². The molecule has 2 N–H and O–H groups in total. The molecule has 9 nitrogen and oxygen atoms in total. The summed E-state index contributed by atoms with van der Waals surface area (Å²) in [6, 6.07) is 18.6. The summed E-state index contributed by atoms with van der Waals surface area (Å²) in [4.78, 5) is 29.4. The number of hydrogen-bond donors (Lipinski definition) is 2. The summed E-state index contributed by atoms with van der Waals surface area (Å²) in [5, 5.41) is 24.3. The van der Waals surface area contributed by atoms with Gasteiger partial charge in [0.05, 0.1) is 41.2 Å². The van der Waals surface area contributed by atoms with E-state index in [9.17, 15) is 10.1 Å². The fraction of sp³-hybridized carbons (Fsp3) is 0.160. The van der Waals surface area contributed by atoms with E-state index in [1.807, 2.05) is 24.3 Å². The van der Waals surface area contributed by atoms with Gasteiger partial charge in [0.25, 0.3) is 5.91 Å². The van der Waals surface area contributed by atoms with E-state index in [0.29, 0.717) is 35.7 Å². The topological polar surface area (TPSA) is 140 Å². The monoisotopic (exact) mass is 448 g/mol. The van der Waals surface area contributed by atoms with Gasteiger partial charge in [0.2, 0.25) is 0 Å². The lowest BCUT2D eigenvalue weighted by Crippen LogP contribution is -2.24. The van der Waals surface area contributed by atoms with Gasteiger partial charge in [-0.3, -0.25) is 14.8 Å². The van der Waals surface area contributed by atoms with Crippen LogP contribution >= 0.6 is 0 Å². The molecule has 3 heterocycles. The fourth-order valence-electron chi connectivity index (χ4n) is 3.45. The maximum absolute atomic E-state index is 12.1. The van der Waals surface area contributed by atoms with Crippen molar-refractivity contribution >= 4 is 22.8 Å². The molecule has 0 aliphatic heterocycles. The first-order chi connectivity index (χ1) is 16.7. The van der Waals surface area contributed by atoms with Gasteiger partial charge >= 0.3 is 0 Å². The number of carbonyl (C=O) groups excluding carboxylic acids is 1. The maximum atomic E-state index is 12.1. The lowest BCUT2D eigenvalue weighted by atomic mass is 9.99. The Balaban J connectivity index is 1.46. The maximum Gasteiger partial charge on any atom is 0.251 e. The number of carbonyl (C=O) groups is 1. The first kappa shape index (κ1) is 22.3. The molecule has 1 unspecified atom stereocenters. The van der Waals surface area contributed by atoms with Crippen LogP contribution in [0.5, 0.6) is 0 Å². The highest BCUT2D eigenvalue weighted by molar-refractivity contribution is 5.94. The average molecular weight is 448 g/mol. The van der Waals surface area contributed by atoms with Crippen LogP contribution in [0.25, 0.3) is 22.3 Å². The number of anilines is 1. The highest BCUT2D eigenvalue weighted by atomic mass is 16.1. The summed E-state index contributed by atoms with van der Waals surface area (Å²) in [6.45, 7) is 0.650. The van der Waals surface area contributed by atoms with E-state index in [0.717, 1.165) is 16.6 Å². The number of pyridine rings is 2. The van der Waals surface area contributed by atoms with Crippen LogP contribution in [0.15, 0.2) is 67.3 Å². The number of hydrogen-bond acceptors (Lipinski definition) is 8. The fourth-order valence-corrected chi connectivity index (χ4v) is 3.45. The Morgan fingerprint density at radius 2 is 1.85 bits per heavy atom. The zero-order valence-corrected chi connectivity index (χ0v) is 18.1. The van der Waals surface area contributed by atoms with E-state index in [1.165, 1.54) is 6.33 Å². The number of nitriles is 2. The van der Waals surface area contributed by atoms with E-state index in [2.05, 4.69) is 36.6 Å². The van der Waals surface area contributed by atoms with E-state index in [-0.39, 0.29) is 12.3 Å². The second-order valence-electron chi connectivity index (χ2n) is 7.36. The summed E-state index contributed by atoms with van der Waals surface area (Å²) >= 11 is 0. The van der Waals surface area contributed by atoms with Crippen molar-refractivity contribution in [3.63, 3.8) is 0 Å². The molecule has 0 aliphatic carbocycles. The smallest absolute Gasteiger partial charge is 0.251 e. The van der Waals surface area contributed by atoms with Gasteiger partial charge < -0.3 is 10.6 Å². The van der Waals surface area contributed by atoms with Crippen LogP contribution < -0.4 is 10.6 Å². The second-order valence-corrected chi connectivity index (χ2v) is 7.36. The molecule has 1 atom stereocenters. The molecule has 4 aromatic rings. The molecule has 4 rings (SSSR count). The van der Waals surface area contributed by atoms with Gasteiger partial charge in [0.15, 0.2) is 0 Å². The Morgan fingerprint density at radius 3 is 2.65 bits per heavy atom. The molecule has 0 bridgehead atoms. The number of nitrogens with one attached hydrogen (secondary N) is 2. The van der Waals surface area contributed by atoms with Crippen LogP contribution in [-0.4, -0.2) is 38.9 Å². The predicted octanol–water partition coefficient (Wildman–Crippen LogP) is 3.45. The molecule has 3 aromatic heterocycles. The van der Waals surface area contributed by atoms with Gasteiger partial charge in [-0.15, -0.1) is 0 Å². The van der Waals surface area contributed by atoms with Crippen LogP contribution in [-0.2, 0) is 0 Å². The first-order valence-corrected chi connectivity index (χ1v) is 10.6. The summed E-state index contributed by atoms with van der Waals surface area (Å²) in [6.07, 6.45) is 5.08. The average Bonchev–Trinajstić information content (AvgIpc) is 2.89. The summed E-state index contributed by atoms with van der Waals surface area (Å²) in [7, 11) is 0. The summed E-state index contributed by atoms with van der Waals surface area (Å²) in [5.74, 6) is -0.0972. The largest absolute Gasteiger partial charge is 0.368 e. The number of rotatable bonds is 8. The first-order valence-electron chi connectivity index (χ1n) is 10.6. The van der Waals surface area contributed by atoms with Crippen molar-refractivity contribution in [3.05, 3.63) is 78.4 Å². The van der Waals surface area contributed by atoms with Crippen LogP contribution in [0.4, 0.5) is 5.82 Å². The van der Waals surface area contributed by atoms with Gasteiger partial charge in [-0.2, -0.15) is 10.5 Å². The molecule has 0 saturated heterocycles. The molecular weight excluding hydrogens is 428 g/mol. The van der Waals surface area contributed by atoms with Crippen molar-refractivity contribution in [1.82, 2.24) is 25.3 Å². The van der Waals surface area contributed by atoms with E-state index < -0.39 is 5.92 Å². The number of fused-ring (bicyclic) bond motifs is 1. The van der Waals surface area contributed by atoms with E-state index >= 15 is 0 Å². The zero-order chi connectivity index (χ0) is 23.8. The van der Waals surface area contributed by atoms with Crippen LogP contribution in [0.3, 0.4) is 0 Å². The normalized spacial score (nSPS) is 11.2. The molecule has 1 amide bonds. The quantitative estimate of drug-likeness (QED) is 0.391. The molecule has 34 heavy (non-hydrogen) atoms. The van der Waals surface area contributed by atoms with Crippen molar-refractivity contribution in [2.24, 2.45) is 0 Å². The summed E-state index contributed by atoms with van der Waals surface area (Å²) < 4.78 is 0. The van der Waals surface area contributed by atoms with Crippen LogP contribution in [0, 0.1) is 22.7 Å². The Hall–Kier alpha value is -4.89. The van der Waals surface area contributed by atoms with Crippen molar-refractivity contribution in [1.29, 1.82) is 10.5 Å². The third kappa shape index (κ3) is 5.12. The second kappa shape index (κ2) is 10.6. The van der Waals surface area contributed by atoms with E-state index in [4.69, 9.17) is 5.26 Å². The third-order valence-corrected chi connectivity index (χ3v) is 5.18. The molecule has 0 spiro atoms. The molecule has 1 aromatic carbocycles. The molecular formula is C25H20N8O.